The molecular weight excluding hydrogens is 409 g/mol. The summed E-state index contributed by atoms with van der Waals surface area (Å²) in [6, 6.07) is 4.63. The first-order valence-corrected chi connectivity index (χ1v) is 10.7. The number of hydrogen-bond donors (Lipinski definition) is 1. The maximum absolute atomic E-state index is 13.9. The van der Waals surface area contributed by atoms with E-state index in [1.807, 2.05) is 6.92 Å². The maximum Gasteiger partial charge on any atom is 0.410 e. The molecule has 1 fully saturated rings. The molecule has 168 valence electrons. The van der Waals surface area contributed by atoms with Crippen LogP contribution < -0.4 is 10.1 Å². The average molecular weight is 436 g/mol. The number of halogens is 3. The zero-order valence-electron chi connectivity index (χ0n) is 17.7. The number of anilines is 1. The number of benzene rings is 1. The van der Waals surface area contributed by atoms with Crippen molar-refractivity contribution in [2.24, 2.45) is 0 Å². The zero-order valence-corrected chi connectivity index (χ0v) is 17.7. The van der Waals surface area contributed by atoms with Crippen molar-refractivity contribution in [2.75, 3.05) is 19.0 Å². The van der Waals surface area contributed by atoms with E-state index in [1.165, 1.54) is 13.3 Å². The molecule has 0 aliphatic carbocycles. The fraction of sp³-hybridized carbons (Fsp3) is 0.545. The van der Waals surface area contributed by atoms with Crippen molar-refractivity contribution >= 4 is 11.7 Å². The predicted octanol–water partition coefficient (Wildman–Crippen LogP) is 4.96. The molecule has 0 spiro atoms. The van der Waals surface area contributed by atoms with Gasteiger partial charge in [-0.2, -0.15) is 18.3 Å². The van der Waals surface area contributed by atoms with Gasteiger partial charge >= 0.3 is 6.18 Å². The Labute approximate surface area is 179 Å². The second kappa shape index (κ2) is 8.43. The number of methoxy groups -OCH3 is 1. The number of nitrogens with zero attached hydrogens (tertiary/aromatic N) is 3. The highest BCUT2D eigenvalue weighted by Gasteiger charge is 2.47. The molecule has 2 aliphatic rings. The third-order valence-electron chi connectivity index (χ3n) is 6.35. The van der Waals surface area contributed by atoms with E-state index in [0.717, 1.165) is 30.4 Å². The minimum atomic E-state index is -4.48. The molecule has 9 heteroatoms. The van der Waals surface area contributed by atoms with E-state index in [2.05, 4.69) is 10.4 Å². The molecule has 6 nitrogen and oxygen atoms in total. The van der Waals surface area contributed by atoms with Crippen LogP contribution in [0.4, 0.5) is 19.0 Å². The molecule has 1 aromatic heterocycles. The van der Waals surface area contributed by atoms with Gasteiger partial charge in [-0.25, -0.2) is 4.68 Å². The van der Waals surface area contributed by atoms with Crippen LogP contribution in [-0.2, 0) is 0 Å². The topological polar surface area (TPSA) is 59.4 Å². The van der Waals surface area contributed by atoms with Crippen LogP contribution >= 0.6 is 0 Å². The number of rotatable bonds is 4. The Hall–Kier alpha value is -2.71. The van der Waals surface area contributed by atoms with Crippen LogP contribution in [0.15, 0.2) is 30.5 Å². The molecule has 1 aromatic carbocycles. The van der Waals surface area contributed by atoms with Crippen molar-refractivity contribution in [3.63, 3.8) is 0 Å². The lowest BCUT2D eigenvalue weighted by molar-refractivity contribution is -0.173. The fourth-order valence-electron chi connectivity index (χ4n) is 4.62. The number of hydrogen-bond acceptors (Lipinski definition) is 4. The van der Waals surface area contributed by atoms with Gasteiger partial charge < -0.3 is 15.0 Å². The summed E-state index contributed by atoms with van der Waals surface area (Å²) in [7, 11) is 1.54. The van der Waals surface area contributed by atoms with Gasteiger partial charge in [-0.15, -0.1) is 0 Å². The Morgan fingerprint density at radius 1 is 1.26 bits per heavy atom. The number of nitrogens with one attached hydrogen (secondary N) is 1. The molecule has 0 bridgehead atoms. The lowest BCUT2D eigenvalue weighted by Gasteiger charge is -2.37. The standard InChI is InChI=1S/C22H27F3N4O2/c1-3-15-6-4-5-11-28(15)21(30)17-13-26-29-19(22(23,24)25)12-18(27-20(17)29)14-7-9-16(31-2)10-8-14/h7-10,13,15,18-19,27H,3-6,11-12H2,1-2H3/t15-,18-,19-/m1/s1. The lowest BCUT2D eigenvalue weighted by atomic mass is 9.96. The van der Waals surface area contributed by atoms with Crippen LogP contribution in [-0.4, -0.2) is 46.5 Å². The van der Waals surface area contributed by atoms with E-state index in [-0.39, 0.29) is 29.8 Å². The average Bonchev–Trinajstić information content (AvgIpc) is 3.21. The molecule has 0 radical (unpaired) electrons. The highest BCUT2D eigenvalue weighted by atomic mass is 19.4. The van der Waals surface area contributed by atoms with Crippen molar-refractivity contribution in [2.45, 2.75) is 63.3 Å². The quantitative estimate of drug-likeness (QED) is 0.736. The van der Waals surface area contributed by atoms with E-state index in [0.29, 0.717) is 17.9 Å². The van der Waals surface area contributed by atoms with Gasteiger partial charge in [-0.3, -0.25) is 4.79 Å². The van der Waals surface area contributed by atoms with Crippen LogP contribution in [0.2, 0.25) is 0 Å². The first-order valence-electron chi connectivity index (χ1n) is 10.7. The minimum absolute atomic E-state index is 0.108. The summed E-state index contributed by atoms with van der Waals surface area (Å²) in [5, 5.41) is 7.16. The fourth-order valence-corrected chi connectivity index (χ4v) is 4.62. The van der Waals surface area contributed by atoms with Gasteiger partial charge in [0.15, 0.2) is 6.04 Å². The summed E-state index contributed by atoms with van der Waals surface area (Å²) in [4.78, 5) is 15.1. The maximum atomic E-state index is 13.9. The second-order valence-corrected chi connectivity index (χ2v) is 8.17. The predicted molar refractivity (Wildman–Crippen MR) is 110 cm³/mol. The number of fused-ring (bicyclic) bond motifs is 1. The van der Waals surface area contributed by atoms with Gasteiger partial charge in [0.05, 0.1) is 19.3 Å². The van der Waals surface area contributed by atoms with E-state index in [9.17, 15) is 18.0 Å². The van der Waals surface area contributed by atoms with Crippen LogP contribution in [0, 0.1) is 0 Å². The van der Waals surface area contributed by atoms with Gasteiger partial charge in [0.2, 0.25) is 0 Å². The molecule has 3 atom stereocenters. The number of likely N-dealkylation sites (tertiary alicyclic amines) is 1. The molecule has 0 unspecified atom stereocenters. The third kappa shape index (κ3) is 4.09. The summed E-state index contributed by atoms with van der Waals surface area (Å²) in [5.74, 6) is 0.514. The minimum Gasteiger partial charge on any atom is -0.497 e. The number of ether oxygens (including phenoxy) is 1. The smallest absolute Gasteiger partial charge is 0.410 e. The number of piperidine rings is 1. The molecular formula is C22H27F3N4O2. The summed E-state index contributed by atoms with van der Waals surface area (Å²) < 4.78 is 47.8. The van der Waals surface area contributed by atoms with Crippen molar-refractivity contribution in [1.29, 1.82) is 0 Å². The number of carbonyl (C=O) groups is 1. The number of alkyl halides is 3. The first kappa shape index (κ1) is 21.5. The van der Waals surface area contributed by atoms with Crippen LogP contribution in [0.5, 0.6) is 5.75 Å². The lowest BCUT2D eigenvalue weighted by Crippen LogP contribution is -2.44. The van der Waals surface area contributed by atoms with Gasteiger partial charge in [0, 0.05) is 19.0 Å². The Kier molecular flexibility index (Phi) is 5.85. The van der Waals surface area contributed by atoms with Crippen LogP contribution in [0.1, 0.15) is 67.0 Å². The molecule has 4 rings (SSSR count). The molecule has 3 heterocycles. The molecule has 31 heavy (non-hydrogen) atoms. The molecule has 2 aromatic rings. The Bertz CT molecular complexity index is 926. The van der Waals surface area contributed by atoms with Gasteiger partial charge in [-0.05, 0) is 43.4 Å². The first-order chi connectivity index (χ1) is 14.8. The van der Waals surface area contributed by atoms with Crippen molar-refractivity contribution in [1.82, 2.24) is 14.7 Å². The van der Waals surface area contributed by atoms with E-state index in [4.69, 9.17) is 4.74 Å². The van der Waals surface area contributed by atoms with Gasteiger partial charge in [0.25, 0.3) is 5.91 Å². The number of carbonyl (C=O) groups excluding carboxylic acids is 1. The van der Waals surface area contributed by atoms with Crippen molar-refractivity contribution in [3.8, 4) is 5.75 Å². The number of amides is 1. The van der Waals surface area contributed by atoms with Crippen molar-refractivity contribution < 1.29 is 22.7 Å². The molecule has 1 saturated heterocycles. The molecule has 1 N–H and O–H groups in total. The molecule has 2 aliphatic heterocycles. The van der Waals surface area contributed by atoms with Gasteiger partial charge in [-0.1, -0.05) is 19.1 Å². The Morgan fingerprint density at radius 3 is 2.65 bits per heavy atom. The molecule has 0 saturated carbocycles. The van der Waals surface area contributed by atoms with E-state index < -0.39 is 18.3 Å². The van der Waals surface area contributed by atoms with Crippen LogP contribution in [0.3, 0.4) is 0 Å². The number of aromatic nitrogens is 2. The normalized spacial score (nSPS) is 23.8. The summed E-state index contributed by atoms with van der Waals surface area (Å²) in [6.07, 6.45) is 0.285. The Morgan fingerprint density at radius 2 is 2.00 bits per heavy atom. The summed E-state index contributed by atoms with van der Waals surface area (Å²) in [5.41, 5.74) is 0.901. The zero-order chi connectivity index (χ0) is 22.2. The summed E-state index contributed by atoms with van der Waals surface area (Å²) in [6.45, 7) is 2.65. The van der Waals surface area contributed by atoms with Crippen molar-refractivity contribution in [3.05, 3.63) is 41.6 Å². The third-order valence-corrected chi connectivity index (χ3v) is 6.35. The Balaban J connectivity index is 1.69. The van der Waals surface area contributed by atoms with Gasteiger partial charge in [0.1, 0.15) is 17.1 Å². The second-order valence-electron chi connectivity index (χ2n) is 8.17. The SMILES string of the molecule is CC[C@@H]1CCCCN1C(=O)c1cnn2c1N[C@@H](c1ccc(OC)cc1)C[C@@H]2C(F)(F)F. The highest BCUT2D eigenvalue weighted by molar-refractivity contribution is 5.99. The van der Waals surface area contributed by atoms with Crippen LogP contribution in [0.25, 0.3) is 0 Å². The van der Waals surface area contributed by atoms with E-state index in [1.54, 1.807) is 29.2 Å². The van der Waals surface area contributed by atoms with E-state index >= 15 is 0 Å². The molecule has 1 amide bonds. The highest BCUT2D eigenvalue weighted by Crippen LogP contribution is 2.44. The largest absolute Gasteiger partial charge is 0.497 e. The summed E-state index contributed by atoms with van der Waals surface area (Å²) >= 11 is 0. The monoisotopic (exact) mass is 436 g/mol.